The van der Waals surface area contributed by atoms with Gasteiger partial charge in [0.2, 0.25) is 5.91 Å². The molecular formula is C70H121NO3. The van der Waals surface area contributed by atoms with Crippen molar-refractivity contribution in [2.75, 3.05) is 6.61 Å². The second-order valence-electron chi connectivity index (χ2n) is 21.1. The van der Waals surface area contributed by atoms with E-state index >= 15 is 0 Å². The minimum absolute atomic E-state index is 0.0376. The molecule has 0 aliphatic heterocycles. The Balaban J connectivity index is 3.56. The molecule has 0 aromatic heterocycles. The summed E-state index contributed by atoms with van der Waals surface area (Å²) < 4.78 is 0. The molecule has 0 saturated heterocycles. The van der Waals surface area contributed by atoms with E-state index in [1.54, 1.807) is 0 Å². The van der Waals surface area contributed by atoms with Crippen LogP contribution in [0.2, 0.25) is 0 Å². The van der Waals surface area contributed by atoms with E-state index in [4.69, 9.17) is 0 Å². The highest BCUT2D eigenvalue weighted by atomic mass is 16.3. The maximum atomic E-state index is 12.5. The fraction of sp³-hybridized carbons (Fsp3) is 0.700. The van der Waals surface area contributed by atoms with E-state index in [2.05, 4.69) is 141 Å². The zero-order valence-electron chi connectivity index (χ0n) is 48.8. The lowest BCUT2D eigenvalue weighted by Crippen LogP contribution is -2.45. The quantitative estimate of drug-likeness (QED) is 0.0420. The number of aliphatic hydroxyl groups is 2. The van der Waals surface area contributed by atoms with Crippen LogP contribution in [-0.2, 0) is 4.79 Å². The lowest BCUT2D eigenvalue weighted by atomic mass is 10.0. The van der Waals surface area contributed by atoms with Crippen molar-refractivity contribution in [2.24, 2.45) is 0 Å². The minimum Gasteiger partial charge on any atom is -0.394 e. The van der Waals surface area contributed by atoms with Crippen molar-refractivity contribution >= 4 is 5.91 Å². The highest BCUT2D eigenvalue weighted by Crippen LogP contribution is 2.17. The second-order valence-corrected chi connectivity index (χ2v) is 21.1. The molecule has 0 aliphatic rings. The van der Waals surface area contributed by atoms with E-state index in [1.165, 1.54) is 180 Å². The van der Waals surface area contributed by atoms with Gasteiger partial charge in [-0.1, -0.05) is 322 Å². The third kappa shape index (κ3) is 59.7. The van der Waals surface area contributed by atoms with Crippen LogP contribution in [0.1, 0.15) is 296 Å². The smallest absolute Gasteiger partial charge is 0.220 e. The van der Waals surface area contributed by atoms with Crippen LogP contribution in [0.3, 0.4) is 0 Å². The zero-order valence-corrected chi connectivity index (χ0v) is 48.8. The van der Waals surface area contributed by atoms with Gasteiger partial charge in [0, 0.05) is 6.42 Å². The van der Waals surface area contributed by atoms with E-state index in [-0.39, 0.29) is 12.5 Å². The highest BCUT2D eigenvalue weighted by molar-refractivity contribution is 5.76. The first-order valence-electron chi connectivity index (χ1n) is 31.7. The maximum Gasteiger partial charge on any atom is 0.220 e. The number of hydrogen-bond acceptors (Lipinski definition) is 3. The number of unbranched alkanes of at least 4 members (excludes halogenated alkanes) is 30. The average Bonchev–Trinajstić information content (AvgIpc) is 3.40. The molecule has 1 amide bonds. The lowest BCUT2D eigenvalue weighted by molar-refractivity contribution is -0.123. The van der Waals surface area contributed by atoms with Crippen LogP contribution >= 0.6 is 0 Å². The SMILES string of the molecule is CC/C=C\C/C=C\C/C=C\C/C=C\C/C=C\C/C=C\C/C=C\C/C=C\C/C=C\C/C=C\CCCCCCCCCCCCC(=O)NC(CO)C(O)CCCCCCCCCCCCCCCCCCCCCCC. The van der Waals surface area contributed by atoms with E-state index in [0.29, 0.717) is 12.8 Å². The molecule has 3 N–H and O–H groups in total. The largest absolute Gasteiger partial charge is 0.394 e. The number of carbonyl (C=O) groups excluding carboxylic acids is 1. The zero-order chi connectivity index (χ0) is 53.4. The van der Waals surface area contributed by atoms with Crippen molar-refractivity contribution in [1.29, 1.82) is 0 Å². The van der Waals surface area contributed by atoms with Crippen LogP contribution in [0.5, 0.6) is 0 Å². The Morgan fingerprint density at radius 2 is 0.595 bits per heavy atom. The normalized spacial score (nSPS) is 13.6. The second kappa shape index (κ2) is 64.1. The lowest BCUT2D eigenvalue weighted by Gasteiger charge is -2.22. The first-order valence-corrected chi connectivity index (χ1v) is 31.7. The molecule has 0 spiro atoms. The Morgan fingerprint density at radius 1 is 0.338 bits per heavy atom. The molecule has 0 aliphatic carbocycles. The fourth-order valence-electron chi connectivity index (χ4n) is 9.21. The molecular weight excluding hydrogens is 903 g/mol. The molecule has 0 rings (SSSR count). The third-order valence-electron chi connectivity index (χ3n) is 14.0. The van der Waals surface area contributed by atoms with Crippen LogP contribution in [0.15, 0.2) is 122 Å². The molecule has 4 heteroatoms. The van der Waals surface area contributed by atoms with Crippen molar-refractivity contribution in [2.45, 2.75) is 309 Å². The maximum absolute atomic E-state index is 12.5. The number of aliphatic hydroxyl groups excluding tert-OH is 2. The van der Waals surface area contributed by atoms with Crippen LogP contribution < -0.4 is 5.32 Å². The monoisotopic (exact) mass is 1020 g/mol. The average molecular weight is 1020 g/mol. The summed E-state index contributed by atoms with van der Waals surface area (Å²) in [6.07, 6.45) is 97.7. The summed E-state index contributed by atoms with van der Waals surface area (Å²) in [6, 6.07) is -0.547. The summed E-state index contributed by atoms with van der Waals surface area (Å²) in [5.74, 6) is -0.0376. The molecule has 2 atom stereocenters. The van der Waals surface area contributed by atoms with Crippen molar-refractivity contribution in [1.82, 2.24) is 5.32 Å². The fourth-order valence-corrected chi connectivity index (χ4v) is 9.21. The predicted octanol–water partition coefficient (Wildman–Crippen LogP) is 21.6. The van der Waals surface area contributed by atoms with Crippen LogP contribution in [0.4, 0.5) is 0 Å². The Labute approximate surface area is 460 Å². The van der Waals surface area contributed by atoms with Crippen LogP contribution in [0, 0.1) is 0 Å². The van der Waals surface area contributed by atoms with Crippen molar-refractivity contribution < 1.29 is 15.0 Å². The number of carbonyl (C=O) groups is 1. The molecule has 424 valence electrons. The summed E-state index contributed by atoms with van der Waals surface area (Å²) in [6.45, 7) is 4.26. The van der Waals surface area contributed by atoms with Gasteiger partial charge in [0.1, 0.15) is 0 Å². The molecule has 0 fully saturated rings. The molecule has 0 radical (unpaired) electrons. The van der Waals surface area contributed by atoms with Gasteiger partial charge >= 0.3 is 0 Å². The van der Waals surface area contributed by atoms with E-state index in [1.807, 2.05) is 0 Å². The number of allylic oxidation sites excluding steroid dienone is 20. The van der Waals surface area contributed by atoms with Gasteiger partial charge in [-0.15, -0.1) is 0 Å². The molecule has 0 bridgehead atoms. The number of rotatable bonds is 57. The van der Waals surface area contributed by atoms with Crippen molar-refractivity contribution in [3.8, 4) is 0 Å². The molecule has 0 heterocycles. The summed E-state index contributed by atoms with van der Waals surface area (Å²) >= 11 is 0. The summed E-state index contributed by atoms with van der Waals surface area (Å²) in [7, 11) is 0. The number of hydrogen-bond donors (Lipinski definition) is 3. The Hall–Kier alpha value is -3.21. The molecule has 0 saturated carbocycles. The highest BCUT2D eigenvalue weighted by Gasteiger charge is 2.20. The minimum atomic E-state index is -0.669. The van der Waals surface area contributed by atoms with Gasteiger partial charge in [0.15, 0.2) is 0 Å². The van der Waals surface area contributed by atoms with Gasteiger partial charge in [0.25, 0.3) is 0 Å². The predicted molar refractivity (Wildman–Crippen MR) is 331 cm³/mol. The topological polar surface area (TPSA) is 69.6 Å². The Morgan fingerprint density at radius 3 is 0.892 bits per heavy atom. The van der Waals surface area contributed by atoms with Crippen LogP contribution in [0.25, 0.3) is 0 Å². The Bertz CT molecular complexity index is 1440. The van der Waals surface area contributed by atoms with Crippen molar-refractivity contribution in [3.63, 3.8) is 0 Å². The van der Waals surface area contributed by atoms with E-state index in [9.17, 15) is 15.0 Å². The van der Waals surface area contributed by atoms with E-state index in [0.717, 1.165) is 89.9 Å². The van der Waals surface area contributed by atoms with Gasteiger partial charge in [-0.05, 0) is 89.9 Å². The van der Waals surface area contributed by atoms with Gasteiger partial charge in [-0.2, -0.15) is 0 Å². The summed E-state index contributed by atoms with van der Waals surface area (Å²) in [5.41, 5.74) is 0. The number of nitrogens with one attached hydrogen (secondary N) is 1. The molecule has 0 aromatic rings. The van der Waals surface area contributed by atoms with Crippen LogP contribution in [-0.4, -0.2) is 34.9 Å². The van der Waals surface area contributed by atoms with Crippen molar-refractivity contribution in [3.05, 3.63) is 122 Å². The first kappa shape index (κ1) is 70.8. The number of amides is 1. The molecule has 4 nitrogen and oxygen atoms in total. The van der Waals surface area contributed by atoms with E-state index < -0.39 is 12.1 Å². The van der Waals surface area contributed by atoms with Gasteiger partial charge in [-0.25, -0.2) is 0 Å². The third-order valence-corrected chi connectivity index (χ3v) is 14.0. The van der Waals surface area contributed by atoms with Gasteiger partial charge < -0.3 is 15.5 Å². The summed E-state index contributed by atoms with van der Waals surface area (Å²) in [4.78, 5) is 12.5. The molecule has 0 aromatic carbocycles. The first-order chi connectivity index (χ1) is 36.7. The molecule has 2 unspecified atom stereocenters. The van der Waals surface area contributed by atoms with Gasteiger partial charge in [-0.3, -0.25) is 4.79 Å². The molecule has 74 heavy (non-hydrogen) atoms. The summed E-state index contributed by atoms with van der Waals surface area (Å²) in [5, 5.41) is 23.4. The Kier molecular flexibility index (Phi) is 61.3. The van der Waals surface area contributed by atoms with Gasteiger partial charge in [0.05, 0.1) is 18.8 Å². The standard InChI is InChI=1S/C70H121NO3/c1-3-5-7-9-11-13-15-17-19-21-23-25-26-27-28-29-30-31-32-33-34-35-36-37-38-39-40-41-42-43-44-46-48-50-52-54-56-58-60-62-64-66-70(74)71-68(67-72)69(73)65-63-61-59-57-55-53-51-49-47-45-24-22-20-18-16-14-12-10-8-6-4-2/h5,7,11,13,17,19,23,25,27-28,30-31,33-34,36-37,39-40,42-43,68-69,72-73H,3-4,6,8-10,12,14-16,18,20-22,24,26,29,32,35,38,41,44-67H2,1-2H3,(H,71,74)/b7-5-,13-11-,19-17-,25-23-,28-27-,31-30-,34-33-,37-36-,40-39-,43-42-.